The molecular formula is C20H23N3O3. The molecule has 0 aliphatic carbocycles. The standard InChI is InChI=1S/C20H23N3O3/c1-2-26-17-7-5-16(6-8-17)18-12-19-20(24)22(9-10-23(19)21-18)13-15-4-3-11-25-14-15/h5-10,12,15H,2-4,11,13-14H2,1H3. The SMILES string of the molecule is CCOc1ccc(-c2cc3c(=O)n(CC4CCCOC4)ccn3n2)cc1. The first-order valence-corrected chi connectivity index (χ1v) is 9.14. The largest absolute Gasteiger partial charge is 0.494 e. The molecule has 4 rings (SSSR count). The maximum atomic E-state index is 12.8. The van der Waals surface area contributed by atoms with Crippen LogP contribution >= 0.6 is 0 Å². The second kappa shape index (κ2) is 7.33. The van der Waals surface area contributed by atoms with Gasteiger partial charge in [0.15, 0.2) is 0 Å². The first-order chi connectivity index (χ1) is 12.7. The highest BCUT2D eigenvalue weighted by molar-refractivity contribution is 5.66. The zero-order chi connectivity index (χ0) is 17.9. The predicted octanol–water partition coefficient (Wildman–Crippen LogP) is 2.99. The van der Waals surface area contributed by atoms with Crippen molar-refractivity contribution in [1.29, 1.82) is 0 Å². The Morgan fingerprint density at radius 2 is 2.12 bits per heavy atom. The average Bonchev–Trinajstić information content (AvgIpc) is 3.11. The maximum absolute atomic E-state index is 12.8. The van der Waals surface area contributed by atoms with Crippen LogP contribution in [0.3, 0.4) is 0 Å². The lowest BCUT2D eigenvalue weighted by molar-refractivity contribution is 0.0480. The lowest BCUT2D eigenvalue weighted by Crippen LogP contribution is -2.28. The molecule has 2 aromatic heterocycles. The number of benzene rings is 1. The van der Waals surface area contributed by atoms with Gasteiger partial charge in [0.1, 0.15) is 11.3 Å². The van der Waals surface area contributed by atoms with Crippen LogP contribution in [0.5, 0.6) is 5.75 Å². The highest BCUT2D eigenvalue weighted by Gasteiger charge is 2.16. The van der Waals surface area contributed by atoms with Gasteiger partial charge in [-0.25, -0.2) is 4.52 Å². The number of ether oxygens (including phenoxy) is 2. The van der Waals surface area contributed by atoms with Gasteiger partial charge in [0.05, 0.1) is 18.9 Å². The summed E-state index contributed by atoms with van der Waals surface area (Å²) in [7, 11) is 0. The van der Waals surface area contributed by atoms with Gasteiger partial charge in [0.2, 0.25) is 0 Å². The second-order valence-electron chi connectivity index (χ2n) is 6.66. The van der Waals surface area contributed by atoms with Crippen LogP contribution in [0.1, 0.15) is 19.8 Å². The van der Waals surface area contributed by atoms with Crippen LogP contribution in [-0.2, 0) is 11.3 Å². The van der Waals surface area contributed by atoms with Gasteiger partial charge in [0, 0.05) is 37.0 Å². The minimum absolute atomic E-state index is 0.0113. The smallest absolute Gasteiger partial charge is 0.276 e. The normalized spacial score (nSPS) is 17.5. The van der Waals surface area contributed by atoms with E-state index in [9.17, 15) is 4.79 Å². The molecule has 1 unspecified atom stereocenters. The maximum Gasteiger partial charge on any atom is 0.276 e. The van der Waals surface area contributed by atoms with Gasteiger partial charge in [-0.15, -0.1) is 0 Å². The molecule has 26 heavy (non-hydrogen) atoms. The van der Waals surface area contributed by atoms with Crippen molar-refractivity contribution >= 4 is 5.52 Å². The Morgan fingerprint density at radius 1 is 1.27 bits per heavy atom. The van der Waals surface area contributed by atoms with E-state index < -0.39 is 0 Å². The number of hydrogen-bond donors (Lipinski definition) is 0. The molecule has 1 aromatic carbocycles. The van der Waals surface area contributed by atoms with Crippen molar-refractivity contribution in [1.82, 2.24) is 14.2 Å². The van der Waals surface area contributed by atoms with E-state index in [1.807, 2.05) is 49.6 Å². The Hall–Kier alpha value is -2.60. The molecule has 0 bridgehead atoms. The Balaban J connectivity index is 1.62. The molecule has 1 aliphatic rings. The van der Waals surface area contributed by atoms with Crippen LogP contribution in [0.25, 0.3) is 16.8 Å². The van der Waals surface area contributed by atoms with Gasteiger partial charge >= 0.3 is 0 Å². The number of fused-ring (bicyclic) bond motifs is 1. The molecule has 0 saturated carbocycles. The van der Waals surface area contributed by atoms with Gasteiger partial charge in [-0.3, -0.25) is 4.79 Å². The summed E-state index contributed by atoms with van der Waals surface area (Å²) in [4.78, 5) is 12.8. The van der Waals surface area contributed by atoms with E-state index in [-0.39, 0.29) is 5.56 Å². The average molecular weight is 353 g/mol. The molecule has 1 atom stereocenters. The van der Waals surface area contributed by atoms with Gasteiger partial charge in [-0.05, 0) is 50.1 Å². The molecule has 0 N–H and O–H groups in total. The molecule has 1 saturated heterocycles. The van der Waals surface area contributed by atoms with Crippen LogP contribution in [0.4, 0.5) is 0 Å². The highest BCUT2D eigenvalue weighted by Crippen LogP contribution is 2.22. The van der Waals surface area contributed by atoms with E-state index >= 15 is 0 Å². The first kappa shape index (κ1) is 16.8. The van der Waals surface area contributed by atoms with E-state index in [1.165, 1.54) is 0 Å². The van der Waals surface area contributed by atoms with Crippen molar-refractivity contribution < 1.29 is 9.47 Å². The van der Waals surface area contributed by atoms with Crippen LogP contribution in [0, 0.1) is 5.92 Å². The van der Waals surface area contributed by atoms with Gasteiger partial charge in [-0.1, -0.05) is 0 Å². The second-order valence-corrected chi connectivity index (χ2v) is 6.66. The van der Waals surface area contributed by atoms with Crippen molar-refractivity contribution in [2.45, 2.75) is 26.3 Å². The summed E-state index contributed by atoms with van der Waals surface area (Å²) in [6, 6.07) is 9.62. The summed E-state index contributed by atoms with van der Waals surface area (Å²) in [6.45, 7) is 4.85. The molecule has 6 heteroatoms. The summed E-state index contributed by atoms with van der Waals surface area (Å²) < 4.78 is 14.4. The molecular weight excluding hydrogens is 330 g/mol. The van der Waals surface area contributed by atoms with E-state index in [4.69, 9.17) is 9.47 Å². The molecule has 0 amide bonds. The Bertz CT molecular complexity index is 937. The van der Waals surface area contributed by atoms with E-state index in [0.29, 0.717) is 24.6 Å². The fraction of sp³-hybridized carbons (Fsp3) is 0.400. The molecule has 136 valence electrons. The minimum atomic E-state index is -0.0113. The number of nitrogens with zero attached hydrogens (tertiary/aromatic N) is 3. The lowest BCUT2D eigenvalue weighted by atomic mass is 10.0. The van der Waals surface area contributed by atoms with Crippen molar-refractivity contribution in [3.63, 3.8) is 0 Å². The fourth-order valence-electron chi connectivity index (χ4n) is 3.43. The van der Waals surface area contributed by atoms with Gasteiger partial charge in [-0.2, -0.15) is 5.10 Å². The van der Waals surface area contributed by atoms with Crippen molar-refractivity contribution in [3.05, 3.63) is 53.1 Å². The molecule has 6 nitrogen and oxygen atoms in total. The van der Waals surface area contributed by atoms with Crippen LogP contribution < -0.4 is 10.3 Å². The third kappa shape index (κ3) is 3.37. The molecule has 0 spiro atoms. The lowest BCUT2D eigenvalue weighted by Gasteiger charge is -2.22. The Kier molecular flexibility index (Phi) is 4.75. The third-order valence-electron chi connectivity index (χ3n) is 4.77. The molecule has 1 fully saturated rings. The summed E-state index contributed by atoms with van der Waals surface area (Å²) in [5.41, 5.74) is 2.32. The van der Waals surface area contributed by atoms with E-state index in [2.05, 4.69) is 5.10 Å². The quantitative estimate of drug-likeness (QED) is 0.708. The predicted molar refractivity (Wildman–Crippen MR) is 99.6 cm³/mol. The fourth-order valence-corrected chi connectivity index (χ4v) is 3.43. The third-order valence-corrected chi connectivity index (χ3v) is 4.77. The zero-order valence-corrected chi connectivity index (χ0v) is 14.9. The highest BCUT2D eigenvalue weighted by atomic mass is 16.5. The zero-order valence-electron chi connectivity index (χ0n) is 14.9. The number of rotatable bonds is 5. The molecule has 1 aliphatic heterocycles. The first-order valence-electron chi connectivity index (χ1n) is 9.14. The van der Waals surface area contributed by atoms with Gasteiger partial charge < -0.3 is 14.0 Å². The Morgan fingerprint density at radius 3 is 2.85 bits per heavy atom. The summed E-state index contributed by atoms with van der Waals surface area (Å²) in [5.74, 6) is 1.23. The van der Waals surface area contributed by atoms with Crippen molar-refractivity contribution in [2.24, 2.45) is 5.92 Å². The minimum Gasteiger partial charge on any atom is -0.494 e. The number of hydrogen-bond acceptors (Lipinski definition) is 4. The van der Waals surface area contributed by atoms with Crippen molar-refractivity contribution in [3.8, 4) is 17.0 Å². The van der Waals surface area contributed by atoms with Crippen LogP contribution in [-0.4, -0.2) is 34.0 Å². The molecule has 0 radical (unpaired) electrons. The summed E-state index contributed by atoms with van der Waals surface area (Å²) in [6.07, 6.45) is 5.84. The molecule has 3 heterocycles. The van der Waals surface area contributed by atoms with Crippen molar-refractivity contribution in [2.75, 3.05) is 19.8 Å². The Labute approximate surface area is 152 Å². The van der Waals surface area contributed by atoms with E-state index in [0.717, 1.165) is 43.1 Å². The van der Waals surface area contributed by atoms with Gasteiger partial charge in [0.25, 0.3) is 5.56 Å². The van der Waals surface area contributed by atoms with Crippen LogP contribution in [0.15, 0.2) is 47.5 Å². The molecule has 3 aromatic rings. The monoisotopic (exact) mass is 353 g/mol. The topological polar surface area (TPSA) is 57.8 Å². The van der Waals surface area contributed by atoms with E-state index in [1.54, 1.807) is 9.08 Å². The summed E-state index contributed by atoms with van der Waals surface area (Å²) in [5, 5.41) is 4.55. The summed E-state index contributed by atoms with van der Waals surface area (Å²) >= 11 is 0. The van der Waals surface area contributed by atoms with Crippen LogP contribution in [0.2, 0.25) is 0 Å². The number of aromatic nitrogens is 3.